The number of ketones is 1. The lowest BCUT2D eigenvalue weighted by Crippen LogP contribution is -2.27. The molecule has 0 aliphatic carbocycles. The van der Waals surface area contributed by atoms with Crippen LogP contribution in [0, 0.1) is 17.0 Å². The van der Waals surface area contributed by atoms with Gasteiger partial charge in [0.25, 0.3) is 0 Å². The van der Waals surface area contributed by atoms with Gasteiger partial charge in [0.15, 0.2) is 6.61 Å². The minimum atomic E-state index is -1.15. The maximum Gasteiger partial charge on any atom is 0.344 e. The fraction of sp³-hybridized carbons (Fsp3) is 0.214. The molecule has 124 valence electrons. The van der Waals surface area contributed by atoms with Gasteiger partial charge in [-0.05, 0) is 6.92 Å². The summed E-state index contributed by atoms with van der Waals surface area (Å²) < 4.78 is 36.7. The van der Waals surface area contributed by atoms with E-state index >= 15 is 0 Å². The number of hydrogen-bond acceptors (Lipinski definition) is 6. The van der Waals surface area contributed by atoms with E-state index in [4.69, 9.17) is 16.9 Å². The number of methoxy groups -OCH3 is 1. The molecule has 0 bridgehead atoms. The molecule has 1 aromatic carbocycles. The standard InChI is InChI=1S/C14H15F2N3O4/c1-6(17)11(13(18)19)14(21)23-5-10(20)12-8(15)3-7(22-2)4-9(12)16/h3-4H,5,17H2,1-2H3,(H3,18,19). The molecule has 9 heteroatoms. The number of hydrogen-bond donors (Lipinski definition) is 3. The van der Waals surface area contributed by atoms with E-state index in [2.05, 4.69) is 9.47 Å². The van der Waals surface area contributed by atoms with Gasteiger partial charge in [-0.15, -0.1) is 0 Å². The number of nitrogens with one attached hydrogen (secondary N) is 1. The van der Waals surface area contributed by atoms with Crippen LogP contribution in [0.1, 0.15) is 17.3 Å². The minimum absolute atomic E-state index is 0.0863. The third-order valence-electron chi connectivity index (χ3n) is 2.73. The van der Waals surface area contributed by atoms with E-state index in [9.17, 15) is 18.4 Å². The first-order valence-corrected chi connectivity index (χ1v) is 6.23. The van der Waals surface area contributed by atoms with Crippen LogP contribution >= 0.6 is 0 Å². The number of carbonyl (C=O) groups excluding carboxylic acids is 2. The largest absolute Gasteiger partial charge is 0.497 e. The van der Waals surface area contributed by atoms with Crippen molar-refractivity contribution in [2.24, 2.45) is 11.5 Å². The lowest BCUT2D eigenvalue weighted by molar-refractivity contribution is -0.137. The van der Waals surface area contributed by atoms with E-state index in [1.54, 1.807) is 0 Å². The molecule has 0 saturated carbocycles. The molecule has 0 spiro atoms. The maximum absolute atomic E-state index is 13.7. The molecule has 0 aliphatic heterocycles. The van der Waals surface area contributed by atoms with E-state index in [0.29, 0.717) is 0 Å². The summed E-state index contributed by atoms with van der Waals surface area (Å²) in [5, 5.41) is 7.20. The first-order chi connectivity index (χ1) is 10.7. The van der Waals surface area contributed by atoms with Crippen molar-refractivity contribution in [2.75, 3.05) is 13.7 Å². The molecule has 1 aromatic rings. The van der Waals surface area contributed by atoms with Crippen molar-refractivity contribution in [3.8, 4) is 5.75 Å². The van der Waals surface area contributed by atoms with Gasteiger partial charge in [0.05, 0.1) is 12.7 Å². The number of Topliss-reactive ketones (excluding diaryl/α,β-unsaturated/α-hetero) is 1. The van der Waals surface area contributed by atoms with Crippen LogP contribution in [-0.4, -0.2) is 31.3 Å². The Morgan fingerprint density at radius 3 is 2.13 bits per heavy atom. The second kappa shape index (κ2) is 7.34. The zero-order valence-electron chi connectivity index (χ0n) is 12.4. The molecule has 7 nitrogen and oxygen atoms in total. The number of esters is 1. The quantitative estimate of drug-likeness (QED) is 0.234. The van der Waals surface area contributed by atoms with Crippen molar-refractivity contribution in [1.29, 1.82) is 5.41 Å². The number of carbonyl (C=O) groups is 2. The van der Waals surface area contributed by atoms with Crippen molar-refractivity contribution in [3.05, 3.63) is 40.6 Å². The number of nitrogens with two attached hydrogens (primary N) is 2. The molecule has 0 amide bonds. The summed E-state index contributed by atoms with van der Waals surface area (Å²) in [5.74, 6) is -5.30. The normalized spacial score (nSPS) is 11.5. The molecule has 0 heterocycles. The topological polar surface area (TPSA) is 128 Å². The zero-order valence-corrected chi connectivity index (χ0v) is 12.4. The molecule has 0 radical (unpaired) electrons. The van der Waals surface area contributed by atoms with E-state index < -0.39 is 47.0 Å². The Balaban J connectivity index is 2.92. The highest BCUT2D eigenvalue weighted by atomic mass is 19.1. The molecule has 0 aromatic heterocycles. The Morgan fingerprint density at radius 2 is 1.74 bits per heavy atom. The predicted molar refractivity (Wildman–Crippen MR) is 77.0 cm³/mol. The summed E-state index contributed by atoms with van der Waals surface area (Å²) in [7, 11) is 1.21. The molecule has 0 atom stereocenters. The number of ether oxygens (including phenoxy) is 2. The second-order valence-corrected chi connectivity index (χ2v) is 4.44. The van der Waals surface area contributed by atoms with Crippen molar-refractivity contribution in [1.82, 2.24) is 0 Å². The summed E-state index contributed by atoms with van der Waals surface area (Å²) in [4.78, 5) is 23.5. The molecular formula is C14H15F2N3O4. The highest BCUT2D eigenvalue weighted by Crippen LogP contribution is 2.21. The second-order valence-electron chi connectivity index (χ2n) is 4.44. The smallest absolute Gasteiger partial charge is 0.344 e. The Bertz CT molecular complexity index is 674. The van der Waals surface area contributed by atoms with E-state index in [1.807, 2.05) is 0 Å². The van der Waals surface area contributed by atoms with Crippen molar-refractivity contribution < 1.29 is 27.8 Å². The fourth-order valence-corrected chi connectivity index (χ4v) is 1.69. The van der Waals surface area contributed by atoms with Crippen LogP contribution < -0.4 is 16.2 Å². The van der Waals surface area contributed by atoms with Gasteiger partial charge in [-0.3, -0.25) is 10.2 Å². The summed E-state index contributed by atoms with van der Waals surface area (Å²) in [5.41, 5.74) is 9.16. The first kappa shape index (κ1) is 18.1. The van der Waals surface area contributed by atoms with Gasteiger partial charge >= 0.3 is 5.97 Å². The Hall–Kier alpha value is -2.97. The summed E-state index contributed by atoms with van der Waals surface area (Å²) in [6.45, 7) is 0.367. The highest BCUT2D eigenvalue weighted by molar-refractivity contribution is 6.17. The summed E-state index contributed by atoms with van der Waals surface area (Å²) in [6.07, 6.45) is 0. The monoisotopic (exact) mass is 327 g/mol. The van der Waals surface area contributed by atoms with Gasteiger partial charge in [0.2, 0.25) is 5.78 Å². The lowest BCUT2D eigenvalue weighted by Gasteiger charge is -2.09. The third-order valence-corrected chi connectivity index (χ3v) is 2.73. The molecule has 0 aliphatic rings. The van der Waals surface area contributed by atoms with Crippen LogP contribution in [0.25, 0.3) is 0 Å². The van der Waals surface area contributed by atoms with E-state index in [-0.39, 0.29) is 11.4 Å². The molecule has 1 rings (SSSR count). The first-order valence-electron chi connectivity index (χ1n) is 6.23. The molecule has 0 unspecified atom stereocenters. The van der Waals surface area contributed by atoms with Gasteiger partial charge in [-0.25, -0.2) is 13.6 Å². The Kier molecular flexibility index (Phi) is 5.77. The average molecular weight is 327 g/mol. The number of benzene rings is 1. The van der Waals surface area contributed by atoms with Gasteiger partial charge in [-0.1, -0.05) is 0 Å². The van der Waals surface area contributed by atoms with Crippen molar-refractivity contribution >= 4 is 17.6 Å². The van der Waals surface area contributed by atoms with Crippen LogP contribution in [0.3, 0.4) is 0 Å². The molecule has 5 N–H and O–H groups in total. The number of rotatable bonds is 6. The molecule has 23 heavy (non-hydrogen) atoms. The number of halogens is 2. The fourth-order valence-electron chi connectivity index (χ4n) is 1.69. The zero-order chi connectivity index (χ0) is 17.7. The van der Waals surface area contributed by atoms with Crippen LogP contribution in [0.5, 0.6) is 5.75 Å². The molecule has 0 saturated heterocycles. The third kappa shape index (κ3) is 4.25. The van der Waals surface area contributed by atoms with E-state index in [1.165, 1.54) is 14.0 Å². The molecule has 0 fully saturated rings. The van der Waals surface area contributed by atoms with Crippen molar-refractivity contribution in [3.63, 3.8) is 0 Å². The minimum Gasteiger partial charge on any atom is -0.497 e. The predicted octanol–water partition coefficient (Wildman–Crippen LogP) is 0.868. The number of allylic oxidation sites excluding steroid dienone is 1. The van der Waals surface area contributed by atoms with Crippen LogP contribution in [-0.2, 0) is 9.53 Å². The van der Waals surface area contributed by atoms with Gasteiger partial charge in [0.1, 0.15) is 28.8 Å². The number of amidine groups is 1. The van der Waals surface area contributed by atoms with Crippen LogP contribution in [0.15, 0.2) is 23.4 Å². The van der Waals surface area contributed by atoms with Crippen molar-refractivity contribution in [2.45, 2.75) is 6.92 Å². The SMILES string of the molecule is COc1cc(F)c(C(=O)COC(=O)C(C(=N)N)=C(C)N)c(F)c1. The highest BCUT2D eigenvalue weighted by Gasteiger charge is 2.23. The van der Waals surface area contributed by atoms with Gasteiger partial charge < -0.3 is 20.9 Å². The van der Waals surface area contributed by atoms with Crippen LogP contribution in [0.2, 0.25) is 0 Å². The Morgan fingerprint density at radius 1 is 1.22 bits per heavy atom. The summed E-state index contributed by atoms with van der Waals surface area (Å²) in [6, 6.07) is 1.64. The van der Waals surface area contributed by atoms with Crippen LogP contribution in [0.4, 0.5) is 8.78 Å². The van der Waals surface area contributed by atoms with E-state index in [0.717, 1.165) is 12.1 Å². The average Bonchev–Trinajstić information content (AvgIpc) is 2.43. The lowest BCUT2D eigenvalue weighted by atomic mass is 10.1. The molecular weight excluding hydrogens is 312 g/mol. The summed E-state index contributed by atoms with van der Waals surface area (Å²) >= 11 is 0. The van der Waals surface area contributed by atoms with Gasteiger partial charge in [-0.2, -0.15) is 0 Å². The van der Waals surface area contributed by atoms with Gasteiger partial charge in [0, 0.05) is 17.8 Å². The maximum atomic E-state index is 13.7. The Labute approximate surface area is 130 Å².